The number of anilines is 1. The van der Waals surface area contributed by atoms with Crippen molar-refractivity contribution in [1.29, 1.82) is 0 Å². The third kappa shape index (κ3) is 4.14. The summed E-state index contributed by atoms with van der Waals surface area (Å²) in [5.74, 6) is -0.721. The summed E-state index contributed by atoms with van der Waals surface area (Å²) in [6.07, 6.45) is 0. The SMILES string of the molecule is COc1cccc(NC(=O)C(=O)NC(C)C)c1. The lowest BCUT2D eigenvalue weighted by Crippen LogP contribution is -2.39. The molecule has 5 heteroatoms. The lowest BCUT2D eigenvalue weighted by atomic mass is 10.3. The van der Waals surface area contributed by atoms with E-state index in [0.717, 1.165) is 0 Å². The Balaban J connectivity index is 2.64. The highest BCUT2D eigenvalue weighted by atomic mass is 16.5. The number of amides is 2. The number of methoxy groups -OCH3 is 1. The maximum atomic E-state index is 11.5. The predicted molar refractivity (Wildman–Crippen MR) is 64.9 cm³/mol. The molecule has 17 heavy (non-hydrogen) atoms. The summed E-state index contributed by atoms with van der Waals surface area (Å²) >= 11 is 0. The maximum absolute atomic E-state index is 11.5. The van der Waals surface area contributed by atoms with Gasteiger partial charge in [-0.05, 0) is 26.0 Å². The van der Waals surface area contributed by atoms with E-state index in [2.05, 4.69) is 10.6 Å². The van der Waals surface area contributed by atoms with Gasteiger partial charge in [-0.15, -0.1) is 0 Å². The Morgan fingerprint density at radius 2 is 1.94 bits per heavy atom. The smallest absolute Gasteiger partial charge is 0.313 e. The molecule has 0 atom stereocenters. The summed E-state index contributed by atoms with van der Waals surface area (Å²) in [6, 6.07) is 6.74. The van der Waals surface area contributed by atoms with E-state index in [9.17, 15) is 9.59 Å². The summed E-state index contributed by atoms with van der Waals surface area (Å²) in [5, 5.41) is 5.00. The maximum Gasteiger partial charge on any atom is 0.313 e. The number of hydrogen-bond donors (Lipinski definition) is 2. The highest BCUT2D eigenvalue weighted by Crippen LogP contribution is 2.16. The van der Waals surface area contributed by atoms with Crippen molar-refractivity contribution < 1.29 is 14.3 Å². The fourth-order valence-electron chi connectivity index (χ4n) is 1.22. The fourth-order valence-corrected chi connectivity index (χ4v) is 1.22. The van der Waals surface area contributed by atoms with Gasteiger partial charge in [0.15, 0.2) is 0 Å². The fraction of sp³-hybridized carbons (Fsp3) is 0.333. The zero-order valence-corrected chi connectivity index (χ0v) is 10.1. The highest BCUT2D eigenvalue weighted by molar-refractivity contribution is 6.39. The lowest BCUT2D eigenvalue weighted by molar-refractivity contribution is -0.136. The standard InChI is InChI=1S/C12H16N2O3/c1-8(2)13-11(15)12(16)14-9-5-4-6-10(7-9)17-3/h4-8H,1-3H3,(H,13,15)(H,14,16). The third-order valence-corrected chi connectivity index (χ3v) is 1.95. The molecule has 92 valence electrons. The molecule has 0 heterocycles. The molecule has 0 aromatic heterocycles. The van der Waals surface area contributed by atoms with Crippen molar-refractivity contribution in [2.24, 2.45) is 0 Å². The second kappa shape index (κ2) is 5.89. The van der Waals surface area contributed by atoms with Crippen molar-refractivity contribution in [3.8, 4) is 5.75 Å². The minimum absolute atomic E-state index is 0.0708. The van der Waals surface area contributed by atoms with Crippen molar-refractivity contribution in [3.05, 3.63) is 24.3 Å². The Hall–Kier alpha value is -2.04. The lowest BCUT2D eigenvalue weighted by Gasteiger charge is -2.09. The Morgan fingerprint density at radius 1 is 1.24 bits per heavy atom. The molecule has 1 aromatic rings. The molecule has 0 unspecified atom stereocenters. The van der Waals surface area contributed by atoms with Crippen molar-refractivity contribution in [3.63, 3.8) is 0 Å². The molecule has 2 N–H and O–H groups in total. The molecule has 0 aliphatic carbocycles. The summed E-state index contributed by atoms with van der Waals surface area (Å²) in [6.45, 7) is 3.58. The summed E-state index contributed by atoms with van der Waals surface area (Å²) in [7, 11) is 1.53. The third-order valence-electron chi connectivity index (χ3n) is 1.95. The van der Waals surface area contributed by atoms with Crippen LogP contribution in [0.5, 0.6) is 5.75 Å². The van der Waals surface area contributed by atoms with Crippen LogP contribution in [0, 0.1) is 0 Å². The van der Waals surface area contributed by atoms with Gasteiger partial charge in [0.1, 0.15) is 5.75 Å². The summed E-state index contributed by atoms with van der Waals surface area (Å²) < 4.78 is 5.01. The van der Waals surface area contributed by atoms with Crippen LogP contribution in [0.15, 0.2) is 24.3 Å². The number of benzene rings is 1. The molecule has 0 saturated carbocycles. The monoisotopic (exact) mass is 236 g/mol. The second-order valence-electron chi connectivity index (χ2n) is 3.81. The minimum atomic E-state index is -0.688. The van der Waals surface area contributed by atoms with Crippen molar-refractivity contribution >= 4 is 17.5 Å². The second-order valence-corrected chi connectivity index (χ2v) is 3.81. The van der Waals surface area contributed by atoms with Crippen LogP contribution in [0.4, 0.5) is 5.69 Å². The van der Waals surface area contributed by atoms with Crippen LogP contribution in [0.2, 0.25) is 0 Å². The zero-order valence-electron chi connectivity index (χ0n) is 10.1. The molecular formula is C12H16N2O3. The van der Waals surface area contributed by atoms with Gasteiger partial charge in [-0.1, -0.05) is 6.07 Å². The molecule has 0 aliphatic rings. The molecule has 5 nitrogen and oxygen atoms in total. The molecule has 0 spiro atoms. The number of rotatable bonds is 3. The molecule has 0 radical (unpaired) electrons. The van der Waals surface area contributed by atoms with E-state index in [0.29, 0.717) is 11.4 Å². The Kier molecular flexibility index (Phi) is 4.51. The Morgan fingerprint density at radius 3 is 2.53 bits per heavy atom. The molecule has 0 aliphatic heterocycles. The molecule has 2 amide bonds. The Bertz CT molecular complexity index is 416. The number of hydrogen-bond acceptors (Lipinski definition) is 3. The van der Waals surface area contributed by atoms with Gasteiger partial charge in [-0.2, -0.15) is 0 Å². The van der Waals surface area contributed by atoms with E-state index >= 15 is 0 Å². The average molecular weight is 236 g/mol. The largest absolute Gasteiger partial charge is 0.497 e. The number of nitrogens with one attached hydrogen (secondary N) is 2. The molecular weight excluding hydrogens is 220 g/mol. The van der Waals surface area contributed by atoms with Crippen LogP contribution in [-0.2, 0) is 9.59 Å². The first-order valence-corrected chi connectivity index (χ1v) is 5.29. The van der Waals surface area contributed by atoms with E-state index in [1.807, 2.05) is 0 Å². The van der Waals surface area contributed by atoms with Gasteiger partial charge in [0.05, 0.1) is 7.11 Å². The van der Waals surface area contributed by atoms with Gasteiger partial charge in [-0.25, -0.2) is 0 Å². The van der Waals surface area contributed by atoms with E-state index in [4.69, 9.17) is 4.74 Å². The van der Waals surface area contributed by atoms with Gasteiger partial charge < -0.3 is 15.4 Å². The molecule has 0 bridgehead atoms. The van der Waals surface area contributed by atoms with Gasteiger partial charge >= 0.3 is 11.8 Å². The Labute approximate surface area is 100 Å². The highest BCUT2D eigenvalue weighted by Gasteiger charge is 2.14. The van der Waals surface area contributed by atoms with Crippen LogP contribution < -0.4 is 15.4 Å². The van der Waals surface area contributed by atoms with Crippen molar-refractivity contribution in [2.45, 2.75) is 19.9 Å². The summed E-state index contributed by atoms with van der Waals surface area (Å²) in [5.41, 5.74) is 0.522. The average Bonchev–Trinajstić information content (AvgIpc) is 2.28. The number of carbonyl (C=O) groups excluding carboxylic acids is 2. The minimum Gasteiger partial charge on any atom is -0.497 e. The van der Waals surface area contributed by atoms with Gasteiger partial charge in [0.2, 0.25) is 0 Å². The van der Waals surface area contributed by atoms with Crippen molar-refractivity contribution in [2.75, 3.05) is 12.4 Å². The first kappa shape index (κ1) is 13.0. The topological polar surface area (TPSA) is 67.4 Å². The van der Waals surface area contributed by atoms with Gasteiger partial charge in [0.25, 0.3) is 0 Å². The van der Waals surface area contributed by atoms with Crippen LogP contribution in [0.25, 0.3) is 0 Å². The van der Waals surface area contributed by atoms with E-state index in [1.165, 1.54) is 7.11 Å². The van der Waals surface area contributed by atoms with Gasteiger partial charge in [0, 0.05) is 17.8 Å². The number of carbonyl (C=O) groups is 2. The predicted octanol–water partition coefficient (Wildman–Crippen LogP) is 1.16. The van der Waals surface area contributed by atoms with Crippen LogP contribution >= 0.6 is 0 Å². The summed E-state index contributed by atoms with van der Waals surface area (Å²) in [4.78, 5) is 22.8. The molecule has 0 saturated heterocycles. The van der Waals surface area contributed by atoms with Crippen molar-refractivity contribution in [1.82, 2.24) is 5.32 Å². The van der Waals surface area contributed by atoms with Crippen LogP contribution in [0.1, 0.15) is 13.8 Å². The quantitative estimate of drug-likeness (QED) is 0.774. The molecule has 1 aromatic carbocycles. The molecule has 0 fully saturated rings. The van der Waals surface area contributed by atoms with E-state index in [-0.39, 0.29) is 6.04 Å². The number of ether oxygens (including phenoxy) is 1. The van der Waals surface area contributed by atoms with E-state index in [1.54, 1.807) is 38.1 Å². The molecule has 1 rings (SSSR count). The zero-order chi connectivity index (χ0) is 12.8. The first-order chi connectivity index (χ1) is 8.02. The van der Waals surface area contributed by atoms with Crippen LogP contribution in [0.3, 0.4) is 0 Å². The first-order valence-electron chi connectivity index (χ1n) is 5.29. The normalized spacial score (nSPS) is 9.88. The van der Waals surface area contributed by atoms with Crippen LogP contribution in [-0.4, -0.2) is 25.0 Å². The van der Waals surface area contributed by atoms with Gasteiger partial charge in [-0.3, -0.25) is 9.59 Å². The van der Waals surface area contributed by atoms with E-state index < -0.39 is 11.8 Å².